The Hall–Kier alpha value is 2.64. The Balaban J connectivity index is -0.000000180. The molecule has 11 heteroatoms. The van der Waals surface area contributed by atoms with Gasteiger partial charge >= 0.3 is 65.0 Å². The summed E-state index contributed by atoms with van der Waals surface area (Å²) >= 11 is 7.00. The number of hydrogen-bond acceptors (Lipinski definition) is 6. The Morgan fingerprint density at radius 3 is 0.867 bits per heavy atom. The molecule has 0 aliphatic rings. The van der Waals surface area contributed by atoms with Crippen LogP contribution >= 0.6 is 38.1 Å². The van der Waals surface area contributed by atoms with Gasteiger partial charge in [0.2, 0.25) is 0 Å². The molecule has 0 heterocycles. The zero-order valence-corrected chi connectivity index (χ0v) is 11.8. The van der Waals surface area contributed by atoms with Crippen LogP contribution in [0.2, 0.25) is 0 Å². The molecule has 0 saturated heterocycles. The number of rotatable bonds is 4. The first-order chi connectivity index (χ1) is 6.24. The van der Waals surface area contributed by atoms with Gasteiger partial charge in [-0.1, -0.05) is 24.5 Å². The average Bonchev–Trinajstić information content (AvgIpc) is 2.19. The number of hydrogen-bond donors (Lipinski definition) is 2. The van der Waals surface area contributed by atoms with Gasteiger partial charge in [0.15, 0.2) is 0 Å². The van der Waals surface area contributed by atoms with Gasteiger partial charge in [0.05, 0.1) is 0 Å². The first-order valence-electron chi connectivity index (χ1n) is 3.13. The van der Waals surface area contributed by atoms with E-state index < -0.39 is 13.6 Å². The van der Waals surface area contributed by atoms with E-state index in [2.05, 4.69) is 42.6 Å². The normalized spacial score (nSPS) is 11.1. The molecule has 6 nitrogen and oxygen atoms in total. The van der Waals surface area contributed by atoms with E-state index >= 15 is 0 Å². The number of thiol groups is 2. The van der Waals surface area contributed by atoms with E-state index in [0.29, 0.717) is 0 Å². The predicted octanol–water partition coefficient (Wildman–Crippen LogP) is 1.99. The molecule has 0 spiro atoms. The van der Waals surface area contributed by atoms with Crippen molar-refractivity contribution in [2.24, 2.45) is 0 Å². The summed E-state index contributed by atoms with van der Waals surface area (Å²) in [4.78, 5) is 0. The molecule has 0 N–H and O–H groups in total. The molecule has 0 amide bonds. The van der Waals surface area contributed by atoms with Crippen LogP contribution in [0.1, 0.15) is 0 Å². The topological polar surface area (TPSA) is 71.1 Å². The van der Waals surface area contributed by atoms with Gasteiger partial charge in [0, 0.05) is 28.4 Å². The average molecular weight is 324 g/mol. The van der Waals surface area contributed by atoms with E-state index in [4.69, 9.17) is 0 Å². The van der Waals surface area contributed by atoms with Gasteiger partial charge in [-0.25, -0.2) is 9.13 Å². The molecule has 0 aromatic rings. The summed E-state index contributed by atoms with van der Waals surface area (Å²) in [5.41, 5.74) is 0. The molecule has 0 saturated carbocycles. The van der Waals surface area contributed by atoms with Crippen LogP contribution < -0.4 is 0 Å². The summed E-state index contributed by atoms with van der Waals surface area (Å²) in [5.74, 6) is 0. The SMILES string of the molecule is COP(=O)(S)OC.COP(=O)(S)OC.[KH]. The molecule has 0 atom stereocenters. The van der Waals surface area contributed by atoms with Crippen molar-refractivity contribution in [1.82, 2.24) is 0 Å². The van der Waals surface area contributed by atoms with Crippen LogP contribution in [0, 0.1) is 0 Å². The van der Waals surface area contributed by atoms with Crippen molar-refractivity contribution in [3.05, 3.63) is 0 Å². The van der Waals surface area contributed by atoms with Gasteiger partial charge in [0.25, 0.3) is 0 Å². The maximum absolute atomic E-state index is 10.4. The molecule has 0 aromatic heterocycles. The Morgan fingerprint density at radius 1 is 0.733 bits per heavy atom. The summed E-state index contributed by atoms with van der Waals surface area (Å²) in [6, 6.07) is 0. The van der Waals surface area contributed by atoms with Crippen LogP contribution in [-0.2, 0) is 27.2 Å². The van der Waals surface area contributed by atoms with E-state index in [1.165, 1.54) is 28.4 Å². The molecule has 90 valence electrons. The van der Waals surface area contributed by atoms with Crippen molar-refractivity contribution in [2.75, 3.05) is 28.4 Å². The zero-order valence-electron chi connectivity index (χ0n) is 8.24. The van der Waals surface area contributed by atoms with Crippen LogP contribution in [0.4, 0.5) is 0 Å². The summed E-state index contributed by atoms with van der Waals surface area (Å²) in [6.07, 6.45) is 0. The van der Waals surface area contributed by atoms with Crippen molar-refractivity contribution < 1.29 is 27.2 Å². The summed E-state index contributed by atoms with van der Waals surface area (Å²) in [6.45, 7) is -5.92. The third-order valence-corrected chi connectivity index (χ3v) is 4.73. The van der Waals surface area contributed by atoms with Gasteiger partial charge in [-0.15, -0.1) is 0 Å². The summed E-state index contributed by atoms with van der Waals surface area (Å²) < 4.78 is 37.9. The van der Waals surface area contributed by atoms with Gasteiger partial charge in [0.1, 0.15) is 0 Å². The van der Waals surface area contributed by atoms with E-state index in [1.807, 2.05) is 0 Å². The van der Waals surface area contributed by atoms with Crippen LogP contribution in [0.15, 0.2) is 0 Å². The van der Waals surface area contributed by atoms with Gasteiger partial charge < -0.3 is 18.1 Å². The standard InChI is InChI=1S/2C2H7O3PS.K.H/c2*1-4-6(3,7)5-2;;/h2*1-2H3,(H,3,7);;. The zero-order chi connectivity index (χ0) is 11.8. The first kappa shape index (κ1) is 22.8. The first-order valence-corrected chi connectivity index (χ1v) is 8.52. The molecule has 0 bridgehead atoms. The fourth-order valence-electron chi connectivity index (χ4n) is 0.149. The molecule has 0 unspecified atom stereocenters. The monoisotopic (exact) mass is 324 g/mol. The molecule has 0 radical (unpaired) electrons. The summed E-state index contributed by atoms with van der Waals surface area (Å²) in [5, 5.41) is 0. The molecule has 0 rings (SSSR count). The van der Waals surface area contributed by atoms with Crippen molar-refractivity contribution in [1.29, 1.82) is 0 Å². The minimum atomic E-state index is -2.96. The van der Waals surface area contributed by atoms with Crippen LogP contribution in [-0.4, -0.2) is 79.8 Å². The molecule has 0 aliphatic heterocycles. The van der Waals surface area contributed by atoms with E-state index in [-0.39, 0.29) is 51.4 Å². The Morgan fingerprint density at radius 2 is 0.867 bits per heavy atom. The maximum atomic E-state index is 10.4. The predicted molar refractivity (Wildman–Crippen MR) is 68.4 cm³/mol. The molecular weight excluding hydrogens is 309 g/mol. The second-order valence-electron chi connectivity index (χ2n) is 1.67. The van der Waals surface area contributed by atoms with Crippen LogP contribution in [0.25, 0.3) is 0 Å². The van der Waals surface area contributed by atoms with Gasteiger partial charge in [-0.3, -0.25) is 0 Å². The van der Waals surface area contributed by atoms with E-state index in [1.54, 1.807) is 0 Å². The van der Waals surface area contributed by atoms with Crippen molar-refractivity contribution in [3.63, 3.8) is 0 Å². The molecule has 0 aromatic carbocycles. The van der Waals surface area contributed by atoms with Crippen molar-refractivity contribution in [2.45, 2.75) is 0 Å². The quantitative estimate of drug-likeness (QED) is 0.468. The molecule has 0 fully saturated rings. The van der Waals surface area contributed by atoms with Crippen LogP contribution in [0.5, 0.6) is 0 Å². The second kappa shape index (κ2) is 11.7. The van der Waals surface area contributed by atoms with E-state index in [0.717, 1.165) is 0 Å². The van der Waals surface area contributed by atoms with Crippen molar-refractivity contribution >= 4 is 89.5 Å². The van der Waals surface area contributed by atoms with Crippen LogP contribution in [0.3, 0.4) is 0 Å². The fraction of sp³-hybridized carbons (Fsp3) is 1.00. The molecule has 0 aliphatic carbocycles. The Kier molecular flexibility index (Phi) is 17.8. The molecule has 15 heavy (non-hydrogen) atoms. The summed E-state index contributed by atoms with van der Waals surface area (Å²) in [7, 11) is 5.10. The Labute approximate surface area is 143 Å². The van der Waals surface area contributed by atoms with Gasteiger partial charge in [-0.05, 0) is 0 Å². The van der Waals surface area contributed by atoms with E-state index in [9.17, 15) is 9.13 Å². The third kappa shape index (κ3) is 16.6. The fourth-order valence-corrected chi connectivity index (χ4v) is 0.447. The van der Waals surface area contributed by atoms with Gasteiger partial charge in [-0.2, -0.15) is 0 Å². The third-order valence-electron chi connectivity index (χ3n) is 0.923. The Bertz CT molecular complexity index is 199. The second-order valence-corrected chi connectivity index (χ2v) is 7.94. The van der Waals surface area contributed by atoms with Crippen molar-refractivity contribution in [3.8, 4) is 0 Å². The minimum absolute atomic E-state index is 0. The molecular formula is C4H15KO6P2S2.